The van der Waals surface area contributed by atoms with Crippen LogP contribution in [0.2, 0.25) is 0 Å². The molecule has 0 aliphatic rings. The maximum Gasteiger partial charge on any atom is 0.246 e. The van der Waals surface area contributed by atoms with Gasteiger partial charge in [0.2, 0.25) is 10.0 Å². The third-order valence-electron chi connectivity index (χ3n) is 2.37. The Kier molecular flexibility index (Phi) is 4.05. The van der Waals surface area contributed by atoms with E-state index in [0.717, 1.165) is 10.4 Å². The number of benzene rings is 1. The third kappa shape index (κ3) is 2.55. The Labute approximate surface area is 99.1 Å². The van der Waals surface area contributed by atoms with Crippen molar-refractivity contribution < 1.29 is 17.2 Å². The van der Waals surface area contributed by atoms with Gasteiger partial charge in [-0.2, -0.15) is 4.31 Å². The fourth-order valence-corrected chi connectivity index (χ4v) is 2.98. The largest absolute Gasteiger partial charge is 0.396 e. The molecule has 0 spiro atoms. The number of hydrogen-bond acceptors (Lipinski definition) is 3. The van der Waals surface area contributed by atoms with Crippen LogP contribution in [0.1, 0.15) is 13.8 Å². The van der Waals surface area contributed by atoms with E-state index < -0.39 is 32.2 Å². The summed E-state index contributed by atoms with van der Waals surface area (Å²) in [5.74, 6) is -2.11. The number of rotatable bonds is 4. The van der Waals surface area contributed by atoms with Crippen molar-refractivity contribution in [3.05, 3.63) is 23.8 Å². The molecule has 0 bridgehead atoms. The zero-order valence-electron chi connectivity index (χ0n) is 9.57. The fraction of sp³-hybridized carbons (Fsp3) is 0.400. The van der Waals surface area contributed by atoms with Gasteiger partial charge in [-0.1, -0.05) is 13.8 Å². The first-order valence-corrected chi connectivity index (χ1v) is 6.53. The van der Waals surface area contributed by atoms with E-state index in [-0.39, 0.29) is 13.1 Å². The maximum atomic E-state index is 13.5. The molecule has 1 aromatic rings. The molecule has 0 fully saturated rings. The zero-order chi connectivity index (χ0) is 13.2. The molecule has 0 atom stereocenters. The molecule has 1 rings (SSSR count). The van der Waals surface area contributed by atoms with Gasteiger partial charge in [0, 0.05) is 19.2 Å². The van der Waals surface area contributed by atoms with E-state index in [4.69, 9.17) is 5.73 Å². The number of hydrogen-bond donors (Lipinski definition) is 1. The lowest BCUT2D eigenvalue weighted by molar-refractivity contribution is 0.439. The molecule has 0 aliphatic heterocycles. The molecule has 0 amide bonds. The van der Waals surface area contributed by atoms with Gasteiger partial charge in [0.15, 0.2) is 0 Å². The molecule has 7 heteroatoms. The average molecular weight is 264 g/mol. The van der Waals surface area contributed by atoms with Gasteiger partial charge in [-0.3, -0.25) is 0 Å². The SMILES string of the molecule is CCN(CC)S(=O)(=O)c1cc(N)c(F)cc1F. The Bertz CT molecular complexity index is 513. The van der Waals surface area contributed by atoms with Crippen LogP contribution in [0.15, 0.2) is 17.0 Å². The van der Waals surface area contributed by atoms with Crippen molar-refractivity contribution in [2.24, 2.45) is 0 Å². The van der Waals surface area contributed by atoms with Gasteiger partial charge in [-0.25, -0.2) is 17.2 Å². The van der Waals surface area contributed by atoms with Crippen molar-refractivity contribution in [2.75, 3.05) is 18.8 Å². The van der Waals surface area contributed by atoms with Crippen LogP contribution in [0.4, 0.5) is 14.5 Å². The minimum atomic E-state index is -3.96. The van der Waals surface area contributed by atoms with Crippen LogP contribution in [-0.4, -0.2) is 25.8 Å². The molecule has 0 heterocycles. The standard InChI is InChI=1S/C10H14F2N2O2S/c1-3-14(4-2)17(15,16)10-6-9(13)7(11)5-8(10)12/h5-6H,3-4,13H2,1-2H3. The Morgan fingerprint density at radius 1 is 1.18 bits per heavy atom. The van der Waals surface area contributed by atoms with E-state index in [1.54, 1.807) is 13.8 Å². The summed E-state index contributed by atoms with van der Waals surface area (Å²) in [5.41, 5.74) is 4.85. The first kappa shape index (κ1) is 13.9. The van der Waals surface area contributed by atoms with E-state index in [1.807, 2.05) is 0 Å². The third-order valence-corrected chi connectivity index (χ3v) is 4.44. The number of nitrogen functional groups attached to an aromatic ring is 1. The lowest BCUT2D eigenvalue weighted by Crippen LogP contribution is -2.31. The van der Waals surface area contributed by atoms with E-state index in [2.05, 4.69) is 0 Å². The van der Waals surface area contributed by atoms with Gasteiger partial charge in [0.1, 0.15) is 16.5 Å². The highest BCUT2D eigenvalue weighted by Gasteiger charge is 2.26. The lowest BCUT2D eigenvalue weighted by Gasteiger charge is -2.19. The predicted octanol–water partition coefficient (Wildman–Crippen LogP) is 1.58. The van der Waals surface area contributed by atoms with Crippen molar-refractivity contribution in [1.82, 2.24) is 4.31 Å². The Hall–Kier alpha value is -1.21. The predicted molar refractivity (Wildman–Crippen MR) is 60.9 cm³/mol. The van der Waals surface area contributed by atoms with Gasteiger partial charge in [-0.05, 0) is 6.07 Å². The average Bonchev–Trinajstić information content (AvgIpc) is 2.24. The highest BCUT2D eigenvalue weighted by Crippen LogP contribution is 2.23. The minimum absolute atomic E-state index is 0.204. The second kappa shape index (κ2) is 4.97. The number of nitrogens with two attached hydrogens (primary N) is 1. The molecule has 0 radical (unpaired) electrons. The van der Waals surface area contributed by atoms with Gasteiger partial charge in [-0.15, -0.1) is 0 Å². The van der Waals surface area contributed by atoms with Gasteiger partial charge in [0.05, 0.1) is 5.69 Å². The summed E-state index contributed by atoms with van der Waals surface area (Å²) in [7, 11) is -3.96. The van der Waals surface area contributed by atoms with Crippen LogP contribution in [0.5, 0.6) is 0 Å². The molecule has 17 heavy (non-hydrogen) atoms. The summed E-state index contributed by atoms with van der Waals surface area (Å²) in [6.45, 7) is 3.67. The molecular weight excluding hydrogens is 250 g/mol. The molecule has 0 unspecified atom stereocenters. The highest BCUT2D eigenvalue weighted by molar-refractivity contribution is 7.89. The van der Waals surface area contributed by atoms with Crippen LogP contribution >= 0.6 is 0 Å². The first-order valence-electron chi connectivity index (χ1n) is 5.09. The molecule has 0 saturated heterocycles. The van der Waals surface area contributed by atoms with E-state index in [9.17, 15) is 17.2 Å². The van der Waals surface area contributed by atoms with Crippen molar-refractivity contribution in [2.45, 2.75) is 18.7 Å². The van der Waals surface area contributed by atoms with E-state index >= 15 is 0 Å². The topological polar surface area (TPSA) is 63.4 Å². The van der Waals surface area contributed by atoms with Crippen LogP contribution in [0, 0.1) is 11.6 Å². The van der Waals surface area contributed by atoms with Crippen molar-refractivity contribution >= 4 is 15.7 Å². The lowest BCUT2D eigenvalue weighted by atomic mass is 10.3. The van der Waals surface area contributed by atoms with Crippen molar-refractivity contribution in [3.8, 4) is 0 Å². The quantitative estimate of drug-likeness (QED) is 0.840. The maximum absolute atomic E-state index is 13.5. The van der Waals surface area contributed by atoms with Crippen LogP contribution in [0.3, 0.4) is 0 Å². The summed E-state index contributed by atoms with van der Waals surface area (Å²) in [4.78, 5) is -0.597. The monoisotopic (exact) mass is 264 g/mol. The van der Waals surface area contributed by atoms with E-state index in [0.29, 0.717) is 6.07 Å². The Morgan fingerprint density at radius 2 is 1.71 bits per heavy atom. The van der Waals surface area contributed by atoms with Gasteiger partial charge < -0.3 is 5.73 Å². The van der Waals surface area contributed by atoms with E-state index in [1.165, 1.54) is 0 Å². The van der Waals surface area contributed by atoms with Crippen LogP contribution in [-0.2, 0) is 10.0 Å². The Balaban J connectivity index is 3.38. The fourth-order valence-electron chi connectivity index (χ4n) is 1.45. The van der Waals surface area contributed by atoms with Crippen molar-refractivity contribution in [3.63, 3.8) is 0 Å². The molecule has 2 N–H and O–H groups in total. The summed E-state index contributed by atoms with van der Waals surface area (Å²) in [6, 6.07) is 1.28. The smallest absolute Gasteiger partial charge is 0.246 e. The number of halogens is 2. The normalized spacial score (nSPS) is 12.1. The molecule has 4 nitrogen and oxygen atoms in total. The molecule has 0 saturated carbocycles. The number of anilines is 1. The second-order valence-corrected chi connectivity index (χ2v) is 5.30. The molecule has 0 aliphatic carbocycles. The summed E-state index contributed by atoms with van der Waals surface area (Å²) in [5, 5.41) is 0. The zero-order valence-corrected chi connectivity index (χ0v) is 10.4. The summed E-state index contributed by atoms with van der Waals surface area (Å²) in [6.07, 6.45) is 0. The Morgan fingerprint density at radius 3 is 2.18 bits per heavy atom. The molecular formula is C10H14F2N2O2S. The molecule has 96 valence electrons. The second-order valence-electron chi connectivity index (χ2n) is 3.39. The molecule has 1 aromatic carbocycles. The minimum Gasteiger partial charge on any atom is -0.396 e. The van der Waals surface area contributed by atoms with Gasteiger partial charge in [0.25, 0.3) is 0 Å². The number of sulfonamides is 1. The highest BCUT2D eigenvalue weighted by atomic mass is 32.2. The molecule has 0 aromatic heterocycles. The number of nitrogens with zero attached hydrogens (tertiary/aromatic N) is 1. The first-order chi connectivity index (χ1) is 7.84. The van der Waals surface area contributed by atoms with Crippen LogP contribution in [0.25, 0.3) is 0 Å². The van der Waals surface area contributed by atoms with Gasteiger partial charge >= 0.3 is 0 Å². The summed E-state index contributed by atoms with van der Waals surface area (Å²) < 4.78 is 51.4. The van der Waals surface area contributed by atoms with Crippen molar-refractivity contribution in [1.29, 1.82) is 0 Å². The summed E-state index contributed by atoms with van der Waals surface area (Å²) >= 11 is 0. The van der Waals surface area contributed by atoms with Crippen LogP contribution < -0.4 is 5.73 Å².